The summed E-state index contributed by atoms with van der Waals surface area (Å²) >= 11 is 0. The number of aryl methyl sites for hydroxylation is 1. The number of rotatable bonds is 2. The summed E-state index contributed by atoms with van der Waals surface area (Å²) in [6.07, 6.45) is 1.87. The average Bonchev–Trinajstić information content (AvgIpc) is 2.27. The zero-order chi connectivity index (χ0) is 13.3. The fourth-order valence-electron chi connectivity index (χ4n) is 2.50. The molecule has 1 unspecified atom stereocenters. The van der Waals surface area contributed by atoms with Gasteiger partial charge in [-0.2, -0.15) is 0 Å². The Bertz CT molecular complexity index is 431. The normalized spacial score (nSPS) is 23.1. The van der Waals surface area contributed by atoms with Crippen molar-refractivity contribution in [1.82, 2.24) is 0 Å². The molecule has 0 bridgehead atoms. The molecule has 1 aromatic rings. The molecule has 3 nitrogen and oxygen atoms in total. The second-order valence-corrected chi connectivity index (χ2v) is 5.60. The standard InChI is InChI=1S/C14H21BO3/c1-5-11-8-12(6-7-13(11)16)15-17-10(2)9-14(3,4)18-15/h6-8,10,16H,5,9H2,1-4H3. The van der Waals surface area contributed by atoms with E-state index in [1.807, 2.05) is 19.1 Å². The van der Waals surface area contributed by atoms with Crippen LogP contribution < -0.4 is 5.46 Å². The van der Waals surface area contributed by atoms with E-state index in [2.05, 4.69) is 20.8 Å². The fourth-order valence-corrected chi connectivity index (χ4v) is 2.50. The summed E-state index contributed by atoms with van der Waals surface area (Å²) in [5.41, 5.74) is 1.73. The van der Waals surface area contributed by atoms with Crippen molar-refractivity contribution in [3.63, 3.8) is 0 Å². The van der Waals surface area contributed by atoms with Crippen molar-refractivity contribution in [3.8, 4) is 5.75 Å². The molecule has 0 saturated carbocycles. The van der Waals surface area contributed by atoms with Gasteiger partial charge in [-0.15, -0.1) is 0 Å². The lowest BCUT2D eigenvalue weighted by Gasteiger charge is -2.38. The summed E-state index contributed by atoms with van der Waals surface area (Å²) in [4.78, 5) is 0. The van der Waals surface area contributed by atoms with Crippen molar-refractivity contribution in [1.29, 1.82) is 0 Å². The topological polar surface area (TPSA) is 38.7 Å². The van der Waals surface area contributed by atoms with Gasteiger partial charge in [-0.1, -0.05) is 19.1 Å². The summed E-state index contributed by atoms with van der Waals surface area (Å²) in [5.74, 6) is 0.337. The Morgan fingerprint density at radius 1 is 1.44 bits per heavy atom. The third-order valence-corrected chi connectivity index (χ3v) is 3.32. The minimum Gasteiger partial charge on any atom is -0.508 e. The third kappa shape index (κ3) is 2.87. The number of phenols is 1. The minimum atomic E-state index is -0.338. The predicted octanol–water partition coefficient (Wildman–Crippen LogP) is 2.25. The highest BCUT2D eigenvalue weighted by Crippen LogP contribution is 2.26. The molecule has 4 heteroatoms. The first-order valence-corrected chi connectivity index (χ1v) is 6.56. The second kappa shape index (κ2) is 4.94. The van der Waals surface area contributed by atoms with E-state index in [1.54, 1.807) is 6.07 Å². The van der Waals surface area contributed by atoms with Gasteiger partial charge in [-0.3, -0.25) is 0 Å². The maximum Gasteiger partial charge on any atom is 0.494 e. The first-order chi connectivity index (χ1) is 8.41. The van der Waals surface area contributed by atoms with Crippen LogP contribution in [0.2, 0.25) is 0 Å². The molecule has 0 aromatic heterocycles. The molecule has 18 heavy (non-hydrogen) atoms. The molecule has 1 fully saturated rings. The van der Waals surface area contributed by atoms with Crippen LogP contribution in [-0.4, -0.2) is 23.9 Å². The van der Waals surface area contributed by atoms with Gasteiger partial charge in [0.25, 0.3) is 0 Å². The zero-order valence-electron chi connectivity index (χ0n) is 11.6. The molecule has 1 aliphatic heterocycles. The summed E-state index contributed by atoms with van der Waals surface area (Å²) in [5, 5.41) is 9.71. The maximum atomic E-state index is 9.71. The number of benzene rings is 1. The highest BCUT2D eigenvalue weighted by molar-refractivity contribution is 6.61. The Balaban J connectivity index is 2.25. The molecular weight excluding hydrogens is 227 g/mol. The molecule has 0 radical (unpaired) electrons. The highest BCUT2D eigenvalue weighted by atomic mass is 16.6. The lowest BCUT2D eigenvalue weighted by molar-refractivity contribution is -0.0229. The molecule has 1 N–H and O–H groups in total. The van der Waals surface area contributed by atoms with Gasteiger partial charge in [0.05, 0.1) is 5.60 Å². The van der Waals surface area contributed by atoms with Crippen LogP contribution in [0.3, 0.4) is 0 Å². The minimum absolute atomic E-state index is 0.174. The Kier molecular flexibility index (Phi) is 3.69. The van der Waals surface area contributed by atoms with E-state index in [-0.39, 0.29) is 18.8 Å². The summed E-state index contributed by atoms with van der Waals surface area (Å²) < 4.78 is 11.8. The van der Waals surface area contributed by atoms with Crippen LogP contribution in [0.1, 0.15) is 39.7 Å². The van der Waals surface area contributed by atoms with Crippen molar-refractivity contribution in [3.05, 3.63) is 23.8 Å². The molecule has 1 atom stereocenters. The largest absolute Gasteiger partial charge is 0.508 e. The molecular formula is C14H21BO3. The van der Waals surface area contributed by atoms with Crippen LogP contribution in [0.15, 0.2) is 18.2 Å². The smallest absolute Gasteiger partial charge is 0.494 e. The Morgan fingerprint density at radius 3 is 2.78 bits per heavy atom. The average molecular weight is 248 g/mol. The molecule has 1 heterocycles. The Morgan fingerprint density at radius 2 is 2.17 bits per heavy atom. The van der Waals surface area contributed by atoms with Gasteiger partial charge in [0, 0.05) is 6.10 Å². The lowest BCUT2D eigenvalue weighted by Crippen LogP contribution is -2.51. The number of hydrogen-bond donors (Lipinski definition) is 1. The van der Waals surface area contributed by atoms with E-state index in [4.69, 9.17) is 9.31 Å². The van der Waals surface area contributed by atoms with Crippen molar-refractivity contribution in [2.45, 2.75) is 52.2 Å². The first kappa shape index (κ1) is 13.4. The summed E-state index contributed by atoms with van der Waals surface area (Å²) in [6.45, 7) is 8.26. The molecule has 0 spiro atoms. The quantitative estimate of drug-likeness (QED) is 0.816. The Labute approximate surface area is 109 Å². The summed E-state index contributed by atoms with van der Waals surface area (Å²) in [7, 11) is -0.338. The third-order valence-electron chi connectivity index (χ3n) is 3.32. The Hall–Kier alpha value is -0.995. The van der Waals surface area contributed by atoms with E-state index in [9.17, 15) is 5.11 Å². The van der Waals surface area contributed by atoms with Gasteiger partial charge in [0.1, 0.15) is 5.75 Å². The second-order valence-electron chi connectivity index (χ2n) is 5.60. The molecule has 1 aliphatic rings. The van der Waals surface area contributed by atoms with E-state index in [0.29, 0.717) is 5.75 Å². The fraction of sp³-hybridized carbons (Fsp3) is 0.571. The summed E-state index contributed by atoms with van der Waals surface area (Å²) in [6, 6.07) is 5.55. The van der Waals surface area contributed by atoms with Gasteiger partial charge < -0.3 is 14.4 Å². The van der Waals surface area contributed by atoms with E-state index < -0.39 is 0 Å². The van der Waals surface area contributed by atoms with Crippen molar-refractivity contribution < 1.29 is 14.4 Å². The van der Waals surface area contributed by atoms with Gasteiger partial charge in [-0.25, -0.2) is 0 Å². The highest BCUT2D eigenvalue weighted by Gasteiger charge is 2.38. The van der Waals surface area contributed by atoms with Gasteiger partial charge in [-0.05, 0) is 50.7 Å². The van der Waals surface area contributed by atoms with Crippen LogP contribution in [0.4, 0.5) is 0 Å². The van der Waals surface area contributed by atoms with Gasteiger partial charge >= 0.3 is 7.12 Å². The molecule has 98 valence electrons. The molecule has 2 rings (SSSR count). The zero-order valence-corrected chi connectivity index (χ0v) is 11.6. The van der Waals surface area contributed by atoms with Crippen molar-refractivity contribution in [2.75, 3.05) is 0 Å². The first-order valence-electron chi connectivity index (χ1n) is 6.56. The molecule has 0 amide bonds. The van der Waals surface area contributed by atoms with Gasteiger partial charge in [0.15, 0.2) is 0 Å². The van der Waals surface area contributed by atoms with Crippen LogP contribution in [-0.2, 0) is 15.7 Å². The van der Waals surface area contributed by atoms with Crippen LogP contribution >= 0.6 is 0 Å². The van der Waals surface area contributed by atoms with Crippen molar-refractivity contribution >= 4 is 12.6 Å². The van der Waals surface area contributed by atoms with E-state index in [0.717, 1.165) is 23.9 Å². The van der Waals surface area contributed by atoms with Crippen molar-refractivity contribution in [2.24, 2.45) is 0 Å². The van der Waals surface area contributed by atoms with Gasteiger partial charge in [0.2, 0.25) is 0 Å². The molecule has 1 saturated heterocycles. The lowest BCUT2D eigenvalue weighted by atomic mass is 9.74. The number of hydrogen-bond acceptors (Lipinski definition) is 3. The van der Waals surface area contributed by atoms with E-state index in [1.165, 1.54) is 0 Å². The van der Waals surface area contributed by atoms with Crippen LogP contribution in [0, 0.1) is 0 Å². The number of aromatic hydroxyl groups is 1. The monoisotopic (exact) mass is 248 g/mol. The number of phenolic OH excluding ortho intramolecular Hbond substituents is 1. The van der Waals surface area contributed by atoms with Crippen LogP contribution in [0.25, 0.3) is 0 Å². The maximum absolute atomic E-state index is 9.71. The van der Waals surface area contributed by atoms with Crippen LogP contribution in [0.5, 0.6) is 5.75 Å². The van der Waals surface area contributed by atoms with E-state index >= 15 is 0 Å². The molecule has 0 aliphatic carbocycles. The molecule has 1 aromatic carbocycles. The SMILES string of the molecule is CCc1cc(B2OC(C)CC(C)(C)O2)ccc1O. The predicted molar refractivity (Wildman–Crippen MR) is 73.2 cm³/mol.